The van der Waals surface area contributed by atoms with Gasteiger partial charge in [0.2, 0.25) is 0 Å². The summed E-state index contributed by atoms with van der Waals surface area (Å²) in [6.45, 7) is 7.23. The molecule has 0 aliphatic carbocycles. The van der Waals surface area contributed by atoms with E-state index < -0.39 is 6.10 Å². The number of aliphatic hydroxyl groups excluding tert-OH is 1. The summed E-state index contributed by atoms with van der Waals surface area (Å²) in [4.78, 5) is 4.10. The Morgan fingerprint density at radius 2 is 1.52 bits per heavy atom. The van der Waals surface area contributed by atoms with Gasteiger partial charge >= 0.3 is 0 Å². The summed E-state index contributed by atoms with van der Waals surface area (Å²) in [5.41, 5.74) is 7.85. The standard InChI is InChI=1S/C17H41N7O/c1-16(25)17(23-14-7-6-10-20-12-8-9-18)22-13-5-3-2-4-11-21-15-24-19/h15-17,20,22-23,25H,2-14,18-19H2,1H3,(H,21,24). The normalized spacial score (nSPS) is 14.1. The average Bonchev–Trinajstić information content (AvgIpc) is 2.60. The van der Waals surface area contributed by atoms with Gasteiger partial charge in [-0.3, -0.25) is 15.6 Å². The van der Waals surface area contributed by atoms with Gasteiger partial charge in [-0.05, 0) is 71.8 Å². The molecule has 0 spiro atoms. The highest BCUT2D eigenvalue weighted by Crippen LogP contribution is 2.00. The fourth-order valence-electron chi connectivity index (χ4n) is 2.45. The predicted octanol–water partition coefficient (Wildman–Crippen LogP) is -0.357. The summed E-state index contributed by atoms with van der Waals surface area (Å²) in [5.74, 6) is 5.10. The molecule has 0 fully saturated rings. The van der Waals surface area contributed by atoms with Crippen LogP contribution in [0.15, 0.2) is 4.99 Å². The first-order chi connectivity index (χ1) is 12.2. The van der Waals surface area contributed by atoms with Crippen molar-refractivity contribution in [2.24, 2.45) is 16.6 Å². The largest absolute Gasteiger partial charge is 0.390 e. The minimum atomic E-state index is -0.402. The van der Waals surface area contributed by atoms with E-state index in [0.29, 0.717) is 0 Å². The van der Waals surface area contributed by atoms with Crippen LogP contribution in [0.25, 0.3) is 0 Å². The van der Waals surface area contributed by atoms with Crippen LogP contribution < -0.4 is 33.0 Å². The molecule has 0 amide bonds. The third-order valence-electron chi connectivity index (χ3n) is 3.93. The van der Waals surface area contributed by atoms with E-state index in [2.05, 4.69) is 26.4 Å². The summed E-state index contributed by atoms with van der Waals surface area (Å²) in [6, 6.07) is 0. The molecule has 0 aromatic heterocycles. The van der Waals surface area contributed by atoms with Crippen LogP contribution >= 0.6 is 0 Å². The van der Waals surface area contributed by atoms with Gasteiger partial charge in [0, 0.05) is 6.54 Å². The quantitative estimate of drug-likeness (QED) is 0.0418. The molecule has 2 atom stereocenters. The van der Waals surface area contributed by atoms with Crippen LogP contribution in [0.1, 0.15) is 51.9 Å². The minimum Gasteiger partial charge on any atom is -0.390 e. The SMILES string of the molecule is CC(O)C(NCCCCCCN=CNN)NCCCCNCCCN. The number of unbranched alkanes of at least 4 members (excludes halogenated alkanes) is 4. The second kappa shape index (κ2) is 19.6. The van der Waals surface area contributed by atoms with Gasteiger partial charge in [-0.2, -0.15) is 0 Å². The van der Waals surface area contributed by atoms with E-state index in [4.69, 9.17) is 11.6 Å². The van der Waals surface area contributed by atoms with Crippen molar-refractivity contribution < 1.29 is 5.11 Å². The van der Waals surface area contributed by atoms with Gasteiger partial charge in [0.15, 0.2) is 0 Å². The second-order valence-corrected chi connectivity index (χ2v) is 6.34. The van der Waals surface area contributed by atoms with Gasteiger partial charge in [-0.15, -0.1) is 0 Å². The molecular weight excluding hydrogens is 318 g/mol. The lowest BCUT2D eigenvalue weighted by atomic mass is 10.2. The van der Waals surface area contributed by atoms with Crippen molar-refractivity contribution in [2.45, 2.75) is 64.1 Å². The van der Waals surface area contributed by atoms with E-state index in [9.17, 15) is 5.11 Å². The molecule has 8 nitrogen and oxygen atoms in total. The number of nitrogens with two attached hydrogens (primary N) is 2. The predicted molar refractivity (Wildman–Crippen MR) is 106 cm³/mol. The van der Waals surface area contributed by atoms with Gasteiger partial charge in [0.25, 0.3) is 0 Å². The Morgan fingerprint density at radius 1 is 0.920 bits per heavy atom. The van der Waals surface area contributed by atoms with Gasteiger partial charge in [0.1, 0.15) is 0 Å². The van der Waals surface area contributed by atoms with E-state index in [1.807, 2.05) is 6.92 Å². The molecule has 0 saturated carbocycles. The van der Waals surface area contributed by atoms with E-state index >= 15 is 0 Å². The maximum absolute atomic E-state index is 9.85. The Hall–Kier alpha value is -0.770. The maximum Gasteiger partial charge on any atom is 0.0964 e. The number of hydrogen-bond acceptors (Lipinski definition) is 7. The van der Waals surface area contributed by atoms with Crippen LogP contribution in [0, 0.1) is 0 Å². The number of aliphatic hydroxyl groups is 1. The van der Waals surface area contributed by atoms with E-state index in [0.717, 1.165) is 77.8 Å². The van der Waals surface area contributed by atoms with Crippen molar-refractivity contribution >= 4 is 6.34 Å². The number of nitrogens with zero attached hydrogens (tertiary/aromatic N) is 1. The topological polar surface area (TPSA) is 133 Å². The molecule has 0 bridgehead atoms. The molecule has 0 saturated heterocycles. The molecule has 9 N–H and O–H groups in total. The zero-order valence-corrected chi connectivity index (χ0v) is 16.0. The number of hydrazine groups is 1. The summed E-state index contributed by atoms with van der Waals surface area (Å²) in [5, 5.41) is 20.0. The highest BCUT2D eigenvalue weighted by molar-refractivity contribution is 5.52. The lowest BCUT2D eigenvalue weighted by Crippen LogP contribution is -2.50. The summed E-state index contributed by atoms with van der Waals surface area (Å²) in [7, 11) is 0. The Bertz CT molecular complexity index is 290. The molecular formula is C17H41N7O. The molecule has 2 unspecified atom stereocenters. The van der Waals surface area contributed by atoms with Crippen molar-refractivity contribution in [3.8, 4) is 0 Å². The third kappa shape index (κ3) is 17.8. The number of rotatable bonds is 19. The van der Waals surface area contributed by atoms with Crippen LogP contribution in [0.4, 0.5) is 0 Å². The van der Waals surface area contributed by atoms with Crippen LogP contribution in [-0.2, 0) is 0 Å². The molecule has 8 heteroatoms. The second-order valence-electron chi connectivity index (χ2n) is 6.34. The van der Waals surface area contributed by atoms with Gasteiger partial charge < -0.3 is 21.6 Å². The third-order valence-corrected chi connectivity index (χ3v) is 3.93. The van der Waals surface area contributed by atoms with Crippen LogP contribution in [0.2, 0.25) is 0 Å². The number of nitrogens with one attached hydrogen (secondary N) is 4. The fraction of sp³-hybridized carbons (Fsp3) is 0.941. The molecule has 0 rings (SSSR count). The van der Waals surface area contributed by atoms with Crippen LogP contribution in [0.3, 0.4) is 0 Å². The zero-order valence-electron chi connectivity index (χ0n) is 16.0. The molecule has 0 aliphatic rings. The van der Waals surface area contributed by atoms with Crippen molar-refractivity contribution in [1.82, 2.24) is 21.4 Å². The van der Waals surface area contributed by atoms with Crippen LogP contribution in [0.5, 0.6) is 0 Å². The maximum atomic E-state index is 9.85. The zero-order chi connectivity index (χ0) is 18.6. The molecule has 150 valence electrons. The minimum absolute atomic E-state index is 0.0366. The monoisotopic (exact) mass is 359 g/mol. The molecule has 0 aromatic carbocycles. The van der Waals surface area contributed by atoms with Crippen molar-refractivity contribution in [3.05, 3.63) is 0 Å². The summed E-state index contributed by atoms with van der Waals surface area (Å²) in [6.07, 6.45) is 8.86. The summed E-state index contributed by atoms with van der Waals surface area (Å²) < 4.78 is 0. The highest BCUT2D eigenvalue weighted by atomic mass is 16.3. The van der Waals surface area contributed by atoms with Crippen LogP contribution in [-0.4, -0.2) is 63.0 Å². The smallest absolute Gasteiger partial charge is 0.0964 e. The average molecular weight is 360 g/mol. The molecule has 0 radical (unpaired) electrons. The first-order valence-corrected chi connectivity index (χ1v) is 9.72. The number of aliphatic imine (C=N–C) groups is 1. The Kier molecular flexibility index (Phi) is 19.0. The first kappa shape index (κ1) is 24.2. The van der Waals surface area contributed by atoms with E-state index in [-0.39, 0.29) is 6.17 Å². The van der Waals surface area contributed by atoms with E-state index in [1.165, 1.54) is 12.8 Å². The van der Waals surface area contributed by atoms with Crippen molar-refractivity contribution in [3.63, 3.8) is 0 Å². The van der Waals surface area contributed by atoms with Crippen molar-refractivity contribution in [2.75, 3.05) is 39.3 Å². The lowest BCUT2D eigenvalue weighted by Gasteiger charge is -2.23. The molecule has 0 aromatic rings. The summed E-state index contributed by atoms with van der Waals surface area (Å²) >= 11 is 0. The first-order valence-electron chi connectivity index (χ1n) is 9.72. The van der Waals surface area contributed by atoms with Crippen molar-refractivity contribution in [1.29, 1.82) is 0 Å². The molecule has 25 heavy (non-hydrogen) atoms. The van der Waals surface area contributed by atoms with E-state index in [1.54, 1.807) is 0 Å². The highest BCUT2D eigenvalue weighted by Gasteiger charge is 2.12. The van der Waals surface area contributed by atoms with Gasteiger partial charge in [-0.25, -0.2) is 5.84 Å². The Morgan fingerprint density at radius 3 is 2.16 bits per heavy atom. The Labute approximate surface area is 153 Å². The molecule has 0 heterocycles. The fourth-order valence-corrected chi connectivity index (χ4v) is 2.45. The van der Waals surface area contributed by atoms with Gasteiger partial charge in [-0.1, -0.05) is 12.8 Å². The van der Waals surface area contributed by atoms with Gasteiger partial charge in [0.05, 0.1) is 18.6 Å². The number of hydrogen-bond donors (Lipinski definition) is 7. The lowest BCUT2D eigenvalue weighted by molar-refractivity contribution is 0.127. The molecule has 0 aliphatic heterocycles. The Balaban J connectivity index is 3.50.